The van der Waals surface area contributed by atoms with E-state index in [1.54, 1.807) is 6.07 Å². The largest absolute Gasteiger partial charge is 0.416 e. The smallest absolute Gasteiger partial charge is 0.378 e. The molecule has 0 aliphatic carbocycles. The molecule has 0 atom stereocenters. The van der Waals surface area contributed by atoms with Gasteiger partial charge in [0.25, 0.3) is 0 Å². The standard InChI is InChI=1S/C21H27F3N6O4S/c1-35(32,33)26-19-4-5-30(25-19)20(31)29-8-6-27(7-9-29)15-16-14-17(28-10-12-34-13-11-28)2-3-18(16)21(22,23)24/h2-5,14H,6-13,15H2,1H3,(H,25,26). The molecule has 2 aromatic rings. The molecule has 0 radical (unpaired) electrons. The molecule has 1 aromatic heterocycles. The first kappa shape index (κ1) is 25.3. The molecule has 14 heteroatoms. The van der Waals surface area contributed by atoms with E-state index in [-0.39, 0.29) is 17.9 Å². The highest BCUT2D eigenvalue weighted by atomic mass is 32.2. The van der Waals surface area contributed by atoms with E-state index in [0.29, 0.717) is 52.5 Å². The van der Waals surface area contributed by atoms with Gasteiger partial charge in [0, 0.05) is 63.8 Å². The summed E-state index contributed by atoms with van der Waals surface area (Å²) in [7, 11) is -3.52. The number of aromatic nitrogens is 2. The van der Waals surface area contributed by atoms with Gasteiger partial charge in [0.05, 0.1) is 25.0 Å². The van der Waals surface area contributed by atoms with Gasteiger partial charge in [0.2, 0.25) is 10.0 Å². The number of anilines is 2. The van der Waals surface area contributed by atoms with Gasteiger partial charge in [-0.2, -0.15) is 17.9 Å². The topological polar surface area (TPSA) is 100 Å². The van der Waals surface area contributed by atoms with Crippen molar-refractivity contribution >= 4 is 27.6 Å². The van der Waals surface area contributed by atoms with Gasteiger partial charge in [-0.25, -0.2) is 13.2 Å². The maximum absolute atomic E-state index is 13.7. The third kappa shape index (κ3) is 6.44. The van der Waals surface area contributed by atoms with Crippen LogP contribution >= 0.6 is 0 Å². The number of sulfonamides is 1. The molecule has 2 fully saturated rings. The van der Waals surface area contributed by atoms with E-state index in [1.165, 1.54) is 23.2 Å². The first-order valence-electron chi connectivity index (χ1n) is 11.1. The lowest BCUT2D eigenvalue weighted by atomic mass is 10.0. The maximum Gasteiger partial charge on any atom is 0.416 e. The van der Waals surface area contributed by atoms with Crippen LogP contribution in [-0.4, -0.2) is 92.8 Å². The van der Waals surface area contributed by atoms with Crippen molar-refractivity contribution in [1.29, 1.82) is 0 Å². The van der Waals surface area contributed by atoms with Crippen LogP contribution in [-0.2, 0) is 27.5 Å². The summed E-state index contributed by atoms with van der Waals surface area (Å²) < 4.78 is 72.3. The average molecular weight is 517 g/mol. The number of ether oxygens (including phenoxy) is 1. The second kappa shape index (κ2) is 10.0. The zero-order valence-electron chi connectivity index (χ0n) is 19.2. The Bertz CT molecular complexity index is 1160. The molecule has 1 amide bonds. The molecule has 0 bridgehead atoms. The monoisotopic (exact) mass is 516 g/mol. The molecule has 10 nitrogen and oxygen atoms in total. The van der Waals surface area contributed by atoms with Gasteiger partial charge in [-0.15, -0.1) is 5.10 Å². The molecule has 35 heavy (non-hydrogen) atoms. The molecule has 1 aromatic carbocycles. The normalized spacial score (nSPS) is 18.1. The Kier molecular flexibility index (Phi) is 7.24. The third-order valence-electron chi connectivity index (χ3n) is 5.88. The minimum absolute atomic E-state index is 0.0271. The van der Waals surface area contributed by atoms with E-state index >= 15 is 0 Å². The van der Waals surface area contributed by atoms with Crippen LogP contribution in [0.3, 0.4) is 0 Å². The minimum atomic E-state index is -4.46. The SMILES string of the molecule is CS(=O)(=O)Nc1ccn(C(=O)N2CCN(Cc3cc(N4CCOCC4)ccc3C(F)(F)F)CC2)n1. The molecule has 4 rings (SSSR count). The Labute approximate surface area is 201 Å². The number of hydrogen-bond donors (Lipinski definition) is 1. The van der Waals surface area contributed by atoms with E-state index in [0.717, 1.165) is 22.7 Å². The van der Waals surface area contributed by atoms with Gasteiger partial charge < -0.3 is 14.5 Å². The van der Waals surface area contributed by atoms with E-state index < -0.39 is 27.8 Å². The van der Waals surface area contributed by atoms with Crippen LogP contribution in [0.1, 0.15) is 11.1 Å². The van der Waals surface area contributed by atoms with Crippen molar-refractivity contribution in [2.24, 2.45) is 0 Å². The molecule has 0 spiro atoms. The van der Waals surface area contributed by atoms with E-state index in [4.69, 9.17) is 4.74 Å². The number of hydrogen-bond acceptors (Lipinski definition) is 7. The van der Waals surface area contributed by atoms with Crippen LogP contribution < -0.4 is 9.62 Å². The molecule has 192 valence electrons. The Morgan fingerprint density at radius 1 is 1.09 bits per heavy atom. The Morgan fingerprint density at radius 2 is 1.77 bits per heavy atom. The summed E-state index contributed by atoms with van der Waals surface area (Å²) >= 11 is 0. The second-order valence-electron chi connectivity index (χ2n) is 8.50. The van der Waals surface area contributed by atoms with E-state index in [2.05, 4.69) is 9.82 Å². The number of halogens is 3. The van der Waals surface area contributed by atoms with Crippen LogP contribution in [0.15, 0.2) is 30.5 Å². The molecule has 3 heterocycles. The van der Waals surface area contributed by atoms with Gasteiger partial charge in [-0.1, -0.05) is 0 Å². The van der Waals surface area contributed by atoms with Gasteiger partial charge in [0.1, 0.15) is 0 Å². The van der Waals surface area contributed by atoms with Gasteiger partial charge in [0.15, 0.2) is 5.82 Å². The first-order chi connectivity index (χ1) is 16.5. The van der Waals surface area contributed by atoms with Crippen LogP contribution in [0.25, 0.3) is 0 Å². The molecule has 2 aliphatic rings. The fourth-order valence-corrected chi connectivity index (χ4v) is 4.65. The summed E-state index contributed by atoms with van der Waals surface area (Å²) in [4.78, 5) is 18.1. The van der Waals surface area contributed by atoms with Crippen molar-refractivity contribution in [1.82, 2.24) is 19.6 Å². The van der Waals surface area contributed by atoms with E-state index in [1.807, 2.05) is 9.80 Å². The number of amides is 1. The van der Waals surface area contributed by atoms with Crippen LogP contribution in [0.2, 0.25) is 0 Å². The summed E-state index contributed by atoms with van der Waals surface area (Å²) in [5, 5.41) is 3.93. The predicted molar refractivity (Wildman–Crippen MR) is 123 cm³/mol. The molecule has 0 saturated carbocycles. The summed E-state index contributed by atoms with van der Waals surface area (Å²) in [6.07, 6.45) is -2.13. The summed E-state index contributed by atoms with van der Waals surface area (Å²) in [5.74, 6) is 0.0271. The molecule has 2 aliphatic heterocycles. The maximum atomic E-state index is 13.7. The van der Waals surface area contributed by atoms with Crippen LogP contribution in [0.5, 0.6) is 0 Å². The number of carbonyl (C=O) groups excluding carboxylic acids is 1. The number of piperazine rings is 1. The van der Waals surface area contributed by atoms with Crippen molar-refractivity contribution < 1.29 is 31.1 Å². The fraction of sp³-hybridized carbons (Fsp3) is 0.524. The van der Waals surface area contributed by atoms with Crippen molar-refractivity contribution in [2.45, 2.75) is 12.7 Å². The summed E-state index contributed by atoms with van der Waals surface area (Å²) in [5.41, 5.74) is 0.280. The number of carbonyl (C=O) groups is 1. The predicted octanol–water partition coefficient (Wildman–Crippen LogP) is 1.90. The Morgan fingerprint density at radius 3 is 2.40 bits per heavy atom. The first-order valence-corrected chi connectivity index (χ1v) is 13.0. The van der Waals surface area contributed by atoms with Gasteiger partial charge in [-0.3, -0.25) is 9.62 Å². The van der Waals surface area contributed by atoms with E-state index in [9.17, 15) is 26.4 Å². The van der Waals surface area contributed by atoms with Crippen molar-refractivity contribution in [3.05, 3.63) is 41.6 Å². The molecule has 1 N–H and O–H groups in total. The summed E-state index contributed by atoms with van der Waals surface area (Å²) in [6, 6.07) is 5.18. The van der Waals surface area contributed by atoms with Crippen LogP contribution in [0, 0.1) is 0 Å². The minimum Gasteiger partial charge on any atom is -0.378 e. The number of benzene rings is 1. The highest BCUT2D eigenvalue weighted by Gasteiger charge is 2.34. The number of morpholine rings is 1. The second-order valence-corrected chi connectivity index (χ2v) is 10.3. The van der Waals surface area contributed by atoms with Crippen molar-refractivity contribution in [2.75, 3.05) is 68.4 Å². The molecule has 0 unspecified atom stereocenters. The Hall–Kier alpha value is -2.84. The number of rotatable bonds is 5. The fourth-order valence-electron chi connectivity index (χ4n) is 4.16. The lowest BCUT2D eigenvalue weighted by Crippen LogP contribution is -2.49. The highest BCUT2D eigenvalue weighted by molar-refractivity contribution is 7.92. The zero-order valence-corrected chi connectivity index (χ0v) is 20.0. The quantitative estimate of drug-likeness (QED) is 0.648. The van der Waals surface area contributed by atoms with Crippen molar-refractivity contribution in [3.63, 3.8) is 0 Å². The van der Waals surface area contributed by atoms with Crippen LogP contribution in [0.4, 0.5) is 29.5 Å². The molecular formula is C21H27F3N6O4S. The zero-order chi connectivity index (χ0) is 25.2. The highest BCUT2D eigenvalue weighted by Crippen LogP contribution is 2.35. The average Bonchev–Trinajstić information content (AvgIpc) is 3.25. The Balaban J connectivity index is 1.41. The number of nitrogens with one attached hydrogen (secondary N) is 1. The molecule has 2 saturated heterocycles. The number of alkyl halides is 3. The van der Waals surface area contributed by atoms with Crippen molar-refractivity contribution in [3.8, 4) is 0 Å². The van der Waals surface area contributed by atoms with Gasteiger partial charge >= 0.3 is 12.2 Å². The summed E-state index contributed by atoms with van der Waals surface area (Å²) in [6.45, 7) is 3.82. The lowest BCUT2D eigenvalue weighted by molar-refractivity contribution is -0.138. The number of nitrogens with zero attached hydrogens (tertiary/aromatic N) is 5. The lowest BCUT2D eigenvalue weighted by Gasteiger charge is -2.35. The molecular weight excluding hydrogens is 489 g/mol. The third-order valence-corrected chi connectivity index (χ3v) is 6.46. The van der Waals surface area contributed by atoms with Gasteiger partial charge in [-0.05, 0) is 23.8 Å².